The average Bonchev–Trinajstić information content (AvgIpc) is 2.81. The topological polar surface area (TPSA) is 49.6 Å². The van der Waals surface area contributed by atoms with Crippen LogP contribution in [-0.4, -0.2) is 30.6 Å². The molecule has 2 heterocycles. The van der Waals surface area contributed by atoms with Crippen LogP contribution in [0.4, 0.5) is 16.2 Å². The number of hydrogen-bond acceptors (Lipinski definition) is 2. The van der Waals surface area contributed by atoms with Crippen LogP contribution >= 0.6 is 0 Å². The molecule has 0 radical (unpaired) electrons. The van der Waals surface area contributed by atoms with Crippen molar-refractivity contribution >= 4 is 17.4 Å². The van der Waals surface area contributed by atoms with E-state index in [0.29, 0.717) is 0 Å². The van der Waals surface area contributed by atoms with Gasteiger partial charge in [0.1, 0.15) is 0 Å². The number of anilines is 2. The molecule has 0 atom stereocenters. The van der Waals surface area contributed by atoms with E-state index in [0.717, 1.165) is 56.2 Å². The molecule has 1 fully saturated rings. The maximum atomic E-state index is 12.6. The van der Waals surface area contributed by atoms with Gasteiger partial charge in [-0.2, -0.15) is 0 Å². The summed E-state index contributed by atoms with van der Waals surface area (Å²) in [6, 6.07) is 6.00. The lowest BCUT2D eigenvalue weighted by Crippen LogP contribution is -2.46. The lowest BCUT2D eigenvalue weighted by Gasteiger charge is -2.33. The molecule has 1 aromatic rings. The fourth-order valence-electron chi connectivity index (χ4n) is 2.99. The second-order valence-electron chi connectivity index (χ2n) is 5.74. The first-order chi connectivity index (χ1) is 9.15. The van der Waals surface area contributed by atoms with Gasteiger partial charge >= 0.3 is 6.03 Å². The second kappa shape index (κ2) is 4.76. The van der Waals surface area contributed by atoms with E-state index in [1.165, 1.54) is 5.56 Å². The summed E-state index contributed by atoms with van der Waals surface area (Å²) in [5.74, 6) is 0.745. The van der Waals surface area contributed by atoms with Crippen LogP contribution in [0.2, 0.25) is 0 Å². The summed E-state index contributed by atoms with van der Waals surface area (Å²) in [4.78, 5) is 16.5. The van der Waals surface area contributed by atoms with Crippen LogP contribution in [0.1, 0.15) is 25.3 Å². The number of benzene rings is 1. The predicted octanol–water partition coefficient (Wildman–Crippen LogP) is 2.48. The normalized spacial score (nSPS) is 19.6. The quantitative estimate of drug-likeness (QED) is 0.728. The van der Waals surface area contributed by atoms with Crippen LogP contribution < -0.4 is 10.6 Å². The zero-order valence-corrected chi connectivity index (χ0v) is 11.4. The van der Waals surface area contributed by atoms with Crippen molar-refractivity contribution in [2.24, 2.45) is 5.92 Å². The molecule has 2 N–H and O–H groups in total. The smallest absolute Gasteiger partial charge is 0.324 e. The van der Waals surface area contributed by atoms with E-state index in [-0.39, 0.29) is 6.03 Å². The Bertz CT molecular complexity index is 492. The minimum Gasteiger partial charge on any atom is -0.399 e. The Morgan fingerprint density at radius 3 is 2.74 bits per heavy atom. The summed E-state index contributed by atoms with van der Waals surface area (Å²) in [5.41, 5.74) is 8.81. The number of carbonyl (C=O) groups excluding carboxylic acids is 1. The molecule has 2 aliphatic heterocycles. The SMILES string of the molecule is CC1CCN(C(=O)N2CCc3cc(N)ccc32)CC1. The molecule has 4 heteroatoms. The molecule has 4 nitrogen and oxygen atoms in total. The number of fused-ring (bicyclic) bond motifs is 1. The van der Waals surface area contributed by atoms with Crippen LogP contribution in [-0.2, 0) is 6.42 Å². The minimum atomic E-state index is 0.162. The van der Waals surface area contributed by atoms with Gasteiger partial charge in [-0.25, -0.2) is 4.79 Å². The number of hydrogen-bond donors (Lipinski definition) is 1. The van der Waals surface area contributed by atoms with E-state index in [9.17, 15) is 4.79 Å². The van der Waals surface area contributed by atoms with E-state index in [4.69, 9.17) is 5.73 Å². The van der Waals surface area contributed by atoms with Gasteiger partial charge < -0.3 is 10.6 Å². The van der Waals surface area contributed by atoms with E-state index >= 15 is 0 Å². The molecule has 0 spiro atoms. The fourth-order valence-corrected chi connectivity index (χ4v) is 2.99. The average molecular weight is 259 g/mol. The lowest BCUT2D eigenvalue weighted by molar-refractivity contribution is 0.180. The number of piperidine rings is 1. The van der Waals surface area contributed by atoms with Crippen molar-refractivity contribution in [2.45, 2.75) is 26.2 Å². The summed E-state index contributed by atoms with van der Waals surface area (Å²) >= 11 is 0. The molecular weight excluding hydrogens is 238 g/mol. The summed E-state index contributed by atoms with van der Waals surface area (Å²) < 4.78 is 0. The van der Waals surface area contributed by atoms with Gasteiger partial charge in [-0.15, -0.1) is 0 Å². The molecule has 0 saturated carbocycles. The molecule has 0 unspecified atom stereocenters. The Labute approximate surface area is 114 Å². The number of amides is 2. The van der Waals surface area contributed by atoms with Gasteiger partial charge in [0, 0.05) is 31.0 Å². The van der Waals surface area contributed by atoms with E-state index in [1.807, 2.05) is 28.0 Å². The highest BCUT2D eigenvalue weighted by Crippen LogP contribution is 2.31. The standard InChI is InChI=1S/C15H21N3O/c1-11-4-7-17(8-5-11)15(19)18-9-6-12-10-13(16)2-3-14(12)18/h2-3,10-11H,4-9,16H2,1H3. The predicted molar refractivity (Wildman–Crippen MR) is 77.3 cm³/mol. The molecule has 3 rings (SSSR count). The molecule has 2 amide bonds. The highest BCUT2D eigenvalue weighted by atomic mass is 16.2. The number of urea groups is 1. The highest BCUT2D eigenvalue weighted by Gasteiger charge is 2.29. The fraction of sp³-hybridized carbons (Fsp3) is 0.533. The summed E-state index contributed by atoms with van der Waals surface area (Å²) in [6.45, 7) is 4.82. The molecule has 2 aliphatic rings. The van der Waals surface area contributed by atoms with Crippen LogP contribution in [0.5, 0.6) is 0 Å². The first-order valence-electron chi connectivity index (χ1n) is 7.10. The van der Waals surface area contributed by atoms with Crippen molar-refractivity contribution in [3.63, 3.8) is 0 Å². The zero-order chi connectivity index (χ0) is 13.4. The van der Waals surface area contributed by atoms with Crippen molar-refractivity contribution < 1.29 is 4.79 Å². The third-order valence-corrected chi connectivity index (χ3v) is 4.28. The Kier molecular flexibility index (Phi) is 3.09. The van der Waals surface area contributed by atoms with Gasteiger partial charge in [0.05, 0.1) is 0 Å². The van der Waals surface area contributed by atoms with Crippen LogP contribution in [0, 0.1) is 5.92 Å². The number of rotatable bonds is 0. The largest absolute Gasteiger partial charge is 0.399 e. The lowest BCUT2D eigenvalue weighted by atomic mass is 9.99. The maximum absolute atomic E-state index is 12.6. The van der Waals surface area contributed by atoms with Crippen molar-refractivity contribution in [1.29, 1.82) is 0 Å². The number of nitrogen functional groups attached to an aromatic ring is 1. The summed E-state index contributed by atoms with van der Waals surface area (Å²) in [6.07, 6.45) is 3.15. The van der Waals surface area contributed by atoms with E-state index in [2.05, 4.69) is 6.92 Å². The number of nitrogens with zero attached hydrogens (tertiary/aromatic N) is 2. The zero-order valence-electron chi connectivity index (χ0n) is 11.4. The van der Waals surface area contributed by atoms with Crippen LogP contribution in [0.25, 0.3) is 0 Å². The second-order valence-corrected chi connectivity index (χ2v) is 5.74. The third-order valence-electron chi connectivity index (χ3n) is 4.28. The van der Waals surface area contributed by atoms with Crippen molar-refractivity contribution in [2.75, 3.05) is 30.3 Å². The molecule has 0 bridgehead atoms. The van der Waals surface area contributed by atoms with Gasteiger partial charge in [0.2, 0.25) is 0 Å². The highest BCUT2D eigenvalue weighted by molar-refractivity contribution is 5.94. The van der Waals surface area contributed by atoms with Crippen molar-refractivity contribution in [3.05, 3.63) is 23.8 Å². The van der Waals surface area contributed by atoms with E-state index < -0.39 is 0 Å². The molecule has 1 saturated heterocycles. The molecule has 19 heavy (non-hydrogen) atoms. The monoisotopic (exact) mass is 259 g/mol. The van der Waals surface area contributed by atoms with Gasteiger partial charge in [-0.1, -0.05) is 6.92 Å². The summed E-state index contributed by atoms with van der Waals surface area (Å²) in [7, 11) is 0. The Morgan fingerprint density at radius 1 is 1.26 bits per heavy atom. The first kappa shape index (κ1) is 12.3. The molecule has 102 valence electrons. The van der Waals surface area contributed by atoms with Gasteiger partial charge in [-0.05, 0) is 48.9 Å². The van der Waals surface area contributed by atoms with Crippen molar-refractivity contribution in [3.8, 4) is 0 Å². The van der Waals surface area contributed by atoms with Crippen molar-refractivity contribution in [1.82, 2.24) is 4.90 Å². The first-order valence-corrected chi connectivity index (χ1v) is 7.10. The number of nitrogens with two attached hydrogens (primary N) is 1. The summed E-state index contributed by atoms with van der Waals surface area (Å²) in [5, 5.41) is 0. The van der Waals surface area contributed by atoms with Gasteiger partial charge in [0.25, 0.3) is 0 Å². The molecule has 0 aromatic heterocycles. The Morgan fingerprint density at radius 2 is 2.00 bits per heavy atom. The number of carbonyl (C=O) groups is 1. The minimum absolute atomic E-state index is 0.162. The van der Waals surface area contributed by atoms with Gasteiger partial charge in [-0.3, -0.25) is 4.90 Å². The van der Waals surface area contributed by atoms with E-state index in [1.54, 1.807) is 0 Å². The molecule has 1 aromatic carbocycles. The maximum Gasteiger partial charge on any atom is 0.324 e. The molecular formula is C15H21N3O. The number of likely N-dealkylation sites (tertiary alicyclic amines) is 1. The Balaban J connectivity index is 1.76. The Hall–Kier alpha value is -1.71. The van der Waals surface area contributed by atoms with Crippen LogP contribution in [0.15, 0.2) is 18.2 Å². The third kappa shape index (κ3) is 2.27. The van der Waals surface area contributed by atoms with Gasteiger partial charge in [0.15, 0.2) is 0 Å². The molecule has 0 aliphatic carbocycles. The van der Waals surface area contributed by atoms with Crippen LogP contribution in [0.3, 0.4) is 0 Å².